The molecule has 1 saturated carbocycles. The van der Waals surface area contributed by atoms with E-state index >= 15 is 0 Å². The Balaban J connectivity index is 0.00000121. The molecule has 0 radical (unpaired) electrons. The maximum absolute atomic E-state index is 12.4. The average Bonchev–Trinajstić information content (AvgIpc) is 3.01. The first-order valence-electron chi connectivity index (χ1n) is 7.53. The van der Waals surface area contributed by atoms with Crippen molar-refractivity contribution in [2.45, 2.75) is 56.9 Å². The summed E-state index contributed by atoms with van der Waals surface area (Å²) in [4.78, 5) is 19.1. The number of halogens is 2. The summed E-state index contributed by atoms with van der Waals surface area (Å²) >= 11 is 1.74. The number of aromatic nitrogens is 1. The third-order valence-corrected chi connectivity index (χ3v) is 5.43. The van der Waals surface area contributed by atoms with Crippen LogP contribution in [-0.4, -0.2) is 34.4 Å². The number of likely N-dealkylation sites (tertiary alicyclic amines) is 1. The van der Waals surface area contributed by atoms with Crippen molar-refractivity contribution in [3.8, 4) is 0 Å². The largest absolute Gasteiger partial charge is 0.340 e. The van der Waals surface area contributed by atoms with Crippen LogP contribution in [0.2, 0.25) is 0 Å². The van der Waals surface area contributed by atoms with Crippen LogP contribution in [0.1, 0.15) is 62.1 Å². The monoisotopic (exact) mass is 365 g/mol. The zero-order chi connectivity index (χ0) is 14.3. The molecule has 1 aromatic heterocycles. The first-order valence-corrected chi connectivity index (χ1v) is 8.41. The second kappa shape index (κ2) is 7.47. The molecule has 3 rings (SSSR count). The molecule has 0 spiro atoms. The molecule has 1 amide bonds. The van der Waals surface area contributed by atoms with E-state index in [1.165, 1.54) is 10.7 Å². The van der Waals surface area contributed by atoms with Crippen LogP contribution >= 0.6 is 36.2 Å². The zero-order valence-electron chi connectivity index (χ0n) is 13.1. The molecule has 4 nitrogen and oxygen atoms in total. The fraction of sp³-hybridized carbons (Fsp3) is 0.733. The first-order chi connectivity index (χ1) is 9.49. The van der Waals surface area contributed by atoms with E-state index in [0.717, 1.165) is 38.8 Å². The summed E-state index contributed by atoms with van der Waals surface area (Å²) in [6, 6.07) is 0. The van der Waals surface area contributed by atoms with E-state index in [9.17, 15) is 4.79 Å². The number of piperidine rings is 1. The van der Waals surface area contributed by atoms with E-state index < -0.39 is 5.54 Å². The molecule has 7 heteroatoms. The van der Waals surface area contributed by atoms with Crippen LogP contribution < -0.4 is 5.73 Å². The Hall–Kier alpha value is -0.360. The molecule has 2 fully saturated rings. The number of amides is 1. The number of rotatable bonds is 3. The summed E-state index contributed by atoms with van der Waals surface area (Å²) in [7, 11) is 0. The van der Waals surface area contributed by atoms with E-state index in [2.05, 4.69) is 19.2 Å². The Morgan fingerprint density at radius 1 is 1.45 bits per heavy atom. The van der Waals surface area contributed by atoms with Gasteiger partial charge >= 0.3 is 0 Å². The Kier molecular flexibility index (Phi) is 6.69. The summed E-state index contributed by atoms with van der Waals surface area (Å²) in [5.74, 6) is 1.02. The molecule has 0 bridgehead atoms. The van der Waals surface area contributed by atoms with Crippen LogP contribution in [0.25, 0.3) is 0 Å². The lowest BCUT2D eigenvalue weighted by Crippen LogP contribution is -2.49. The van der Waals surface area contributed by atoms with Gasteiger partial charge in [-0.3, -0.25) is 4.79 Å². The minimum atomic E-state index is -0.534. The minimum Gasteiger partial charge on any atom is -0.340 e. The van der Waals surface area contributed by atoms with Gasteiger partial charge in [0.2, 0.25) is 5.91 Å². The van der Waals surface area contributed by atoms with Crippen LogP contribution in [0.15, 0.2) is 5.38 Å². The Morgan fingerprint density at radius 3 is 2.68 bits per heavy atom. The molecular weight excluding hydrogens is 341 g/mol. The fourth-order valence-electron chi connectivity index (χ4n) is 2.78. The Bertz CT molecular complexity index is 517. The third-order valence-electron chi connectivity index (χ3n) is 4.40. The van der Waals surface area contributed by atoms with Gasteiger partial charge in [0.1, 0.15) is 0 Å². The van der Waals surface area contributed by atoms with Gasteiger partial charge in [-0.15, -0.1) is 36.2 Å². The van der Waals surface area contributed by atoms with Gasteiger partial charge in [-0.05, 0) is 31.6 Å². The van der Waals surface area contributed by atoms with Gasteiger partial charge in [0.05, 0.1) is 16.2 Å². The Morgan fingerprint density at radius 2 is 2.14 bits per heavy atom. The van der Waals surface area contributed by atoms with Gasteiger partial charge in [-0.1, -0.05) is 13.8 Å². The summed E-state index contributed by atoms with van der Waals surface area (Å²) in [6.45, 7) is 5.99. The highest BCUT2D eigenvalue weighted by atomic mass is 35.5. The van der Waals surface area contributed by atoms with Crippen molar-refractivity contribution in [1.29, 1.82) is 0 Å². The van der Waals surface area contributed by atoms with Crippen LogP contribution in [0, 0.1) is 0 Å². The molecule has 0 aromatic carbocycles. The fourth-order valence-corrected chi connectivity index (χ4v) is 3.89. The molecule has 2 N–H and O–H groups in total. The molecule has 1 aromatic rings. The van der Waals surface area contributed by atoms with Gasteiger partial charge in [0, 0.05) is 24.4 Å². The second-order valence-electron chi connectivity index (χ2n) is 6.51. The van der Waals surface area contributed by atoms with E-state index in [-0.39, 0.29) is 30.7 Å². The summed E-state index contributed by atoms with van der Waals surface area (Å²) in [5, 5.41) is 3.35. The van der Waals surface area contributed by atoms with E-state index in [1.54, 1.807) is 11.3 Å². The molecule has 126 valence electrons. The van der Waals surface area contributed by atoms with Crippen molar-refractivity contribution >= 4 is 42.1 Å². The molecular formula is C15H25Cl2N3OS. The lowest BCUT2D eigenvalue weighted by atomic mass is 9.97. The number of nitrogens with two attached hydrogens (primary N) is 1. The molecule has 1 aliphatic heterocycles. The third kappa shape index (κ3) is 3.94. The van der Waals surface area contributed by atoms with Gasteiger partial charge in [-0.25, -0.2) is 4.98 Å². The summed E-state index contributed by atoms with van der Waals surface area (Å²) in [6.07, 6.45) is 3.89. The highest BCUT2D eigenvalue weighted by molar-refractivity contribution is 7.09. The first kappa shape index (κ1) is 19.7. The lowest BCUT2D eigenvalue weighted by Gasteiger charge is -2.33. The predicted molar refractivity (Wildman–Crippen MR) is 95.4 cm³/mol. The number of hydrogen-bond acceptors (Lipinski definition) is 4. The molecule has 1 aliphatic carbocycles. The number of thiazole rings is 1. The maximum Gasteiger partial charge on any atom is 0.242 e. The van der Waals surface area contributed by atoms with Crippen LogP contribution in [0.3, 0.4) is 0 Å². The summed E-state index contributed by atoms with van der Waals surface area (Å²) < 4.78 is 0. The second-order valence-corrected chi connectivity index (χ2v) is 7.40. The van der Waals surface area contributed by atoms with Crippen LogP contribution in [-0.2, 0) is 4.79 Å². The zero-order valence-corrected chi connectivity index (χ0v) is 15.5. The smallest absolute Gasteiger partial charge is 0.242 e. The molecule has 1 unspecified atom stereocenters. The molecule has 1 saturated heterocycles. The van der Waals surface area contributed by atoms with Crippen molar-refractivity contribution in [2.75, 3.05) is 13.1 Å². The van der Waals surface area contributed by atoms with Crippen molar-refractivity contribution in [3.63, 3.8) is 0 Å². The lowest BCUT2D eigenvalue weighted by molar-refractivity contribution is -0.134. The average molecular weight is 366 g/mol. The van der Waals surface area contributed by atoms with Crippen molar-refractivity contribution < 1.29 is 4.79 Å². The van der Waals surface area contributed by atoms with E-state index in [4.69, 9.17) is 10.7 Å². The summed E-state index contributed by atoms with van der Waals surface area (Å²) in [5.41, 5.74) is 6.68. The minimum absolute atomic E-state index is 0. The van der Waals surface area contributed by atoms with Gasteiger partial charge in [-0.2, -0.15) is 0 Å². The number of nitrogens with zero attached hydrogens (tertiary/aromatic N) is 2. The molecule has 2 aliphatic rings. The van der Waals surface area contributed by atoms with Gasteiger partial charge in [0.25, 0.3) is 0 Å². The quantitative estimate of drug-likeness (QED) is 0.893. The van der Waals surface area contributed by atoms with E-state index in [1.807, 2.05) is 4.90 Å². The highest BCUT2D eigenvalue weighted by Gasteiger charge is 2.48. The predicted octanol–water partition coefficient (Wildman–Crippen LogP) is 3.31. The normalized spacial score (nSPS) is 22.7. The molecule has 2 heterocycles. The Labute approximate surface area is 148 Å². The van der Waals surface area contributed by atoms with Crippen molar-refractivity contribution in [2.24, 2.45) is 5.73 Å². The van der Waals surface area contributed by atoms with Crippen LogP contribution in [0.4, 0.5) is 0 Å². The standard InChI is InChI=1S/C15H23N3OS.2ClH/c1-10(2)12-9-20-13(17-12)11-4-3-7-18(8-11)14(19)15(16)5-6-15;;/h9-11H,3-8,16H2,1-2H3;2*1H. The van der Waals surface area contributed by atoms with Gasteiger partial charge in [0.15, 0.2) is 0 Å². The number of carbonyl (C=O) groups is 1. The number of carbonyl (C=O) groups excluding carboxylic acids is 1. The van der Waals surface area contributed by atoms with E-state index in [0.29, 0.717) is 11.8 Å². The SMILES string of the molecule is CC(C)c1csc(C2CCCN(C(=O)C3(N)CC3)C2)n1.Cl.Cl. The number of hydrogen-bond donors (Lipinski definition) is 1. The van der Waals surface area contributed by atoms with Gasteiger partial charge < -0.3 is 10.6 Å². The molecule has 22 heavy (non-hydrogen) atoms. The highest BCUT2D eigenvalue weighted by Crippen LogP contribution is 2.37. The topological polar surface area (TPSA) is 59.2 Å². The molecule has 1 atom stereocenters. The van der Waals surface area contributed by atoms with Crippen molar-refractivity contribution in [1.82, 2.24) is 9.88 Å². The van der Waals surface area contributed by atoms with Crippen LogP contribution in [0.5, 0.6) is 0 Å². The maximum atomic E-state index is 12.4. The van der Waals surface area contributed by atoms with Crippen molar-refractivity contribution in [3.05, 3.63) is 16.1 Å².